The molecule has 0 aliphatic heterocycles. The first kappa shape index (κ1) is 14.0. The number of aryl methyl sites for hydroxylation is 1. The first-order valence-electron chi connectivity index (χ1n) is 5.67. The van der Waals surface area contributed by atoms with Crippen molar-refractivity contribution in [2.45, 2.75) is 39.3 Å². The van der Waals surface area contributed by atoms with Crippen molar-refractivity contribution in [3.63, 3.8) is 0 Å². The van der Waals surface area contributed by atoms with Gasteiger partial charge in [0.2, 0.25) is 0 Å². The number of urea groups is 1. The molecule has 0 saturated carbocycles. The summed E-state index contributed by atoms with van der Waals surface area (Å²) in [5, 5.41) is 17.9. The Labute approximate surface area is 105 Å². The van der Waals surface area contributed by atoms with Crippen LogP contribution in [0.4, 0.5) is 10.6 Å². The van der Waals surface area contributed by atoms with Crippen LogP contribution in [-0.4, -0.2) is 32.4 Å². The second kappa shape index (κ2) is 5.52. The molecule has 7 heteroatoms. The maximum atomic E-state index is 11.6. The van der Waals surface area contributed by atoms with Crippen molar-refractivity contribution in [2.24, 2.45) is 0 Å². The molecule has 0 atom stereocenters. The Bertz CT molecular complexity index is 439. The number of carboxylic acid groups (broad SMARTS) is 1. The quantitative estimate of drug-likeness (QED) is 0.737. The van der Waals surface area contributed by atoms with Gasteiger partial charge in [0.15, 0.2) is 5.82 Å². The Morgan fingerprint density at radius 3 is 2.67 bits per heavy atom. The van der Waals surface area contributed by atoms with Gasteiger partial charge in [0.25, 0.3) is 0 Å². The minimum Gasteiger partial charge on any atom is -0.481 e. The highest BCUT2D eigenvalue weighted by atomic mass is 16.4. The number of nitrogens with zero attached hydrogens (tertiary/aromatic N) is 2. The summed E-state index contributed by atoms with van der Waals surface area (Å²) in [4.78, 5) is 22.3. The molecule has 1 aromatic heterocycles. The average molecular weight is 254 g/mol. The third-order valence-electron chi connectivity index (χ3n) is 2.25. The Morgan fingerprint density at radius 1 is 1.50 bits per heavy atom. The highest BCUT2D eigenvalue weighted by molar-refractivity contribution is 5.89. The molecule has 18 heavy (non-hydrogen) atoms. The number of carboxylic acids is 1. The molecule has 0 aromatic carbocycles. The number of aliphatic carboxylic acids is 1. The van der Waals surface area contributed by atoms with E-state index in [-0.39, 0.29) is 6.42 Å². The van der Waals surface area contributed by atoms with E-state index < -0.39 is 17.5 Å². The molecule has 1 aromatic rings. The van der Waals surface area contributed by atoms with Crippen LogP contribution >= 0.6 is 0 Å². The molecule has 0 fully saturated rings. The van der Waals surface area contributed by atoms with Crippen LogP contribution in [0.3, 0.4) is 0 Å². The van der Waals surface area contributed by atoms with E-state index in [0.29, 0.717) is 12.4 Å². The lowest BCUT2D eigenvalue weighted by atomic mass is 10.0. The van der Waals surface area contributed by atoms with Crippen molar-refractivity contribution in [1.82, 2.24) is 15.1 Å². The Morgan fingerprint density at radius 2 is 2.17 bits per heavy atom. The lowest BCUT2D eigenvalue weighted by Crippen LogP contribution is -2.46. The van der Waals surface area contributed by atoms with Gasteiger partial charge in [-0.1, -0.05) is 0 Å². The molecule has 1 heterocycles. The zero-order valence-corrected chi connectivity index (χ0v) is 10.7. The second-order valence-electron chi connectivity index (χ2n) is 4.59. The van der Waals surface area contributed by atoms with Crippen molar-refractivity contribution in [2.75, 3.05) is 5.32 Å². The van der Waals surface area contributed by atoms with Gasteiger partial charge in [-0.05, 0) is 20.8 Å². The second-order valence-corrected chi connectivity index (χ2v) is 4.59. The summed E-state index contributed by atoms with van der Waals surface area (Å²) in [6.45, 7) is 5.94. The topological polar surface area (TPSA) is 96.2 Å². The highest BCUT2D eigenvalue weighted by Gasteiger charge is 2.23. The number of carbonyl (C=O) groups excluding carboxylic acids is 1. The Balaban J connectivity index is 2.53. The van der Waals surface area contributed by atoms with Crippen molar-refractivity contribution in [3.8, 4) is 0 Å². The van der Waals surface area contributed by atoms with E-state index in [0.717, 1.165) is 0 Å². The molecule has 0 spiro atoms. The van der Waals surface area contributed by atoms with Gasteiger partial charge in [-0.2, -0.15) is 5.10 Å². The van der Waals surface area contributed by atoms with Crippen molar-refractivity contribution in [3.05, 3.63) is 12.3 Å². The number of hydrogen-bond donors (Lipinski definition) is 3. The molecule has 0 aliphatic rings. The van der Waals surface area contributed by atoms with Crippen molar-refractivity contribution < 1.29 is 14.7 Å². The van der Waals surface area contributed by atoms with Crippen LogP contribution in [0.15, 0.2) is 12.3 Å². The van der Waals surface area contributed by atoms with E-state index in [9.17, 15) is 9.59 Å². The van der Waals surface area contributed by atoms with Gasteiger partial charge < -0.3 is 10.4 Å². The van der Waals surface area contributed by atoms with Gasteiger partial charge in [-0.25, -0.2) is 4.79 Å². The largest absolute Gasteiger partial charge is 0.481 e. The average Bonchev–Trinajstić information content (AvgIpc) is 2.61. The predicted molar refractivity (Wildman–Crippen MR) is 66.4 cm³/mol. The summed E-state index contributed by atoms with van der Waals surface area (Å²) in [6.07, 6.45) is 1.60. The molecule has 7 nitrogen and oxygen atoms in total. The molecule has 100 valence electrons. The van der Waals surface area contributed by atoms with E-state index >= 15 is 0 Å². The summed E-state index contributed by atoms with van der Waals surface area (Å²) in [5.41, 5.74) is -0.816. The minimum atomic E-state index is -0.962. The molecule has 0 radical (unpaired) electrons. The molecular weight excluding hydrogens is 236 g/mol. The smallest absolute Gasteiger partial charge is 0.320 e. The zero-order chi connectivity index (χ0) is 13.8. The monoisotopic (exact) mass is 254 g/mol. The SMILES string of the molecule is CCn1ccc(NC(=O)NC(C)(C)CC(=O)O)n1. The van der Waals surface area contributed by atoms with E-state index in [1.54, 1.807) is 30.8 Å². The number of amides is 2. The first-order chi connectivity index (χ1) is 8.32. The van der Waals surface area contributed by atoms with Crippen molar-refractivity contribution >= 4 is 17.8 Å². The van der Waals surface area contributed by atoms with Crippen LogP contribution < -0.4 is 10.6 Å². The number of hydrogen-bond acceptors (Lipinski definition) is 3. The maximum Gasteiger partial charge on any atom is 0.320 e. The number of anilines is 1. The Kier molecular flexibility index (Phi) is 4.30. The van der Waals surface area contributed by atoms with Gasteiger partial charge >= 0.3 is 12.0 Å². The molecule has 0 bridgehead atoms. The van der Waals surface area contributed by atoms with E-state index in [1.807, 2.05) is 6.92 Å². The van der Waals surface area contributed by atoms with Crippen LogP contribution in [0.5, 0.6) is 0 Å². The third kappa shape index (κ3) is 4.44. The molecule has 0 aliphatic carbocycles. The number of nitrogens with one attached hydrogen (secondary N) is 2. The Hall–Kier alpha value is -2.05. The van der Waals surface area contributed by atoms with Gasteiger partial charge in [0.05, 0.1) is 6.42 Å². The molecule has 0 saturated heterocycles. The van der Waals surface area contributed by atoms with Gasteiger partial charge in [0.1, 0.15) is 0 Å². The maximum absolute atomic E-state index is 11.6. The van der Waals surface area contributed by atoms with Gasteiger partial charge in [-0.3, -0.25) is 14.8 Å². The zero-order valence-electron chi connectivity index (χ0n) is 10.7. The summed E-state index contributed by atoms with van der Waals surface area (Å²) in [6, 6.07) is 1.20. The number of aromatic nitrogens is 2. The van der Waals surface area contributed by atoms with E-state index in [2.05, 4.69) is 15.7 Å². The van der Waals surface area contributed by atoms with Gasteiger partial charge in [0, 0.05) is 24.3 Å². The summed E-state index contributed by atoms with van der Waals surface area (Å²) < 4.78 is 1.68. The molecular formula is C11H18N4O3. The summed E-state index contributed by atoms with van der Waals surface area (Å²) in [5.74, 6) is -0.531. The lowest BCUT2D eigenvalue weighted by molar-refractivity contribution is -0.138. The van der Waals surface area contributed by atoms with Crippen LogP contribution in [0.1, 0.15) is 27.2 Å². The highest BCUT2D eigenvalue weighted by Crippen LogP contribution is 2.09. The fraction of sp³-hybridized carbons (Fsp3) is 0.545. The molecule has 2 amide bonds. The minimum absolute atomic E-state index is 0.149. The summed E-state index contributed by atoms with van der Waals surface area (Å²) >= 11 is 0. The lowest BCUT2D eigenvalue weighted by Gasteiger charge is -2.23. The fourth-order valence-electron chi connectivity index (χ4n) is 1.48. The standard InChI is InChI=1S/C11H18N4O3/c1-4-15-6-5-8(14-15)12-10(18)13-11(2,3)7-9(16)17/h5-6H,4,7H2,1-3H3,(H,16,17)(H2,12,13,14,18). The number of rotatable bonds is 5. The van der Waals surface area contributed by atoms with E-state index in [1.165, 1.54) is 0 Å². The van der Waals surface area contributed by atoms with Crippen LogP contribution in [0, 0.1) is 0 Å². The summed E-state index contributed by atoms with van der Waals surface area (Å²) in [7, 11) is 0. The fourth-order valence-corrected chi connectivity index (χ4v) is 1.48. The normalized spacial score (nSPS) is 11.1. The molecule has 1 rings (SSSR count). The van der Waals surface area contributed by atoms with Crippen LogP contribution in [0.25, 0.3) is 0 Å². The van der Waals surface area contributed by atoms with Crippen LogP contribution in [-0.2, 0) is 11.3 Å². The van der Waals surface area contributed by atoms with Crippen LogP contribution in [0.2, 0.25) is 0 Å². The molecule has 0 unspecified atom stereocenters. The van der Waals surface area contributed by atoms with E-state index in [4.69, 9.17) is 5.11 Å². The predicted octanol–water partition coefficient (Wildman–Crippen LogP) is 1.28. The number of carbonyl (C=O) groups is 2. The van der Waals surface area contributed by atoms with Gasteiger partial charge in [-0.15, -0.1) is 0 Å². The molecule has 3 N–H and O–H groups in total. The first-order valence-corrected chi connectivity index (χ1v) is 5.67. The van der Waals surface area contributed by atoms with Crippen molar-refractivity contribution in [1.29, 1.82) is 0 Å². The third-order valence-corrected chi connectivity index (χ3v) is 2.25.